The summed E-state index contributed by atoms with van der Waals surface area (Å²) in [5, 5.41) is 2.78. The minimum Gasteiger partial charge on any atom is -0.497 e. The van der Waals surface area contributed by atoms with Crippen LogP contribution in [0.3, 0.4) is 0 Å². The van der Waals surface area contributed by atoms with E-state index in [2.05, 4.69) is 10.0 Å². The van der Waals surface area contributed by atoms with Crippen LogP contribution in [0.15, 0.2) is 52.3 Å². The smallest absolute Gasteiger partial charge is 0.261 e. The second-order valence-corrected chi connectivity index (χ2v) is 8.37. The molecule has 0 heterocycles. The van der Waals surface area contributed by atoms with Crippen LogP contribution in [0.5, 0.6) is 5.75 Å². The Morgan fingerprint density at radius 1 is 1.12 bits per heavy atom. The minimum atomic E-state index is -3.79. The van der Waals surface area contributed by atoms with Crippen molar-refractivity contribution in [2.75, 3.05) is 23.4 Å². The summed E-state index contributed by atoms with van der Waals surface area (Å²) < 4.78 is 32.9. The molecular weight excluding hydrogens is 372 g/mol. The highest BCUT2D eigenvalue weighted by Crippen LogP contribution is 2.29. The summed E-state index contributed by atoms with van der Waals surface area (Å²) in [6.45, 7) is 3.56. The number of carbonyl (C=O) groups is 1. The molecule has 0 fully saturated rings. The molecule has 0 aliphatic heterocycles. The first-order chi connectivity index (χ1) is 12.3. The third kappa shape index (κ3) is 4.92. The van der Waals surface area contributed by atoms with Gasteiger partial charge in [0.15, 0.2) is 0 Å². The van der Waals surface area contributed by atoms with Crippen molar-refractivity contribution in [3.63, 3.8) is 0 Å². The van der Waals surface area contributed by atoms with Crippen molar-refractivity contribution >= 4 is 39.1 Å². The lowest BCUT2D eigenvalue weighted by Gasteiger charge is -2.14. The summed E-state index contributed by atoms with van der Waals surface area (Å²) >= 11 is 1.43. The topological polar surface area (TPSA) is 84.5 Å². The van der Waals surface area contributed by atoms with Crippen LogP contribution in [0.2, 0.25) is 0 Å². The van der Waals surface area contributed by atoms with Gasteiger partial charge in [0.25, 0.3) is 10.0 Å². The second kappa shape index (κ2) is 8.46. The highest BCUT2D eigenvalue weighted by molar-refractivity contribution is 7.98. The number of amides is 1. The molecule has 1 amide bonds. The number of sulfonamides is 1. The SMILES string of the molecule is COc1ccc(NS(=O)(=O)c2ccc(SC)c(NC(=O)C(C)C)c2)cc1. The summed E-state index contributed by atoms with van der Waals surface area (Å²) in [5.74, 6) is 0.260. The molecule has 0 bridgehead atoms. The monoisotopic (exact) mass is 394 g/mol. The van der Waals surface area contributed by atoms with E-state index in [9.17, 15) is 13.2 Å². The summed E-state index contributed by atoms with van der Waals surface area (Å²) in [5.41, 5.74) is 0.904. The minimum absolute atomic E-state index is 0.0742. The Kier molecular flexibility index (Phi) is 6.55. The van der Waals surface area contributed by atoms with Crippen LogP contribution in [0.4, 0.5) is 11.4 Å². The van der Waals surface area contributed by atoms with E-state index in [0.29, 0.717) is 17.1 Å². The summed E-state index contributed by atoms with van der Waals surface area (Å²) in [6.07, 6.45) is 1.87. The number of ether oxygens (including phenoxy) is 1. The molecule has 0 saturated carbocycles. The van der Waals surface area contributed by atoms with Crippen LogP contribution < -0.4 is 14.8 Å². The Bertz CT molecular complexity index is 879. The number of anilines is 2. The van der Waals surface area contributed by atoms with Crippen LogP contribution >= 0.6 is 11.8 Å². The molecule has 2 aromatic rings. The number of hydrogen-bond acceptors (Lipinski definition) is 5. The van der Waals surface area contributed by atoms with Crippen molar-refractivity contribution in [3.8, 4) is 5.75 Å². The zero-order valence-electron chi connectivity index (χ0n) is 15.1. The molecule has 0 atom stereocenters. The quantitative estimate of drug-likeness (QED) is 0.698. The Morgan fingerprint density at radius 2 is 1.77 bits per heavy atom. The fraction of sp³-hybridized carbons (Fsp3) is 0.278. The predicted molar refractivity (Wildman–Crippen MR) is 105 cm³/mol. The lowest BCUT2D eigenvalue weighted by molar-refractivity contribution is -0.118. The molecule has 2 N–H and O–H groups in total. The summed E-state index contributed by atoms with van der Waals surface area (Å²) in [7, 11) is -2.25. The van der Waals surface area contributed by atoms with E-state index in [1.807, 2.05) is 6.26 Å². The maximum absolute atomic E-state index is 12.7. The largest absolute Gasteiger partial charge is 0.497 e. The molecule has 2 aromatic carbocycles. The molecule has 0 saturated heterocycles. The molecule has 8 heteroatoms. The molecule has 0 unspecified atom stereocenters. The molecule has 6 nitrogen and oxygen atoms in total. The number of benzene rings is 2. The molecule has 26 heavy (non-hydrogen) atoms. The average molecular weight is 395 g/mol. The van der Waals surface area contributed by atoms with Crippen molar-refractivity contribution in [2.45, 2.75) is 23.6 Å². The predicted octanol–water partition coefficient (Wildman–Crippen LogP) is 3.81. The standard InChI is InChI=1S/C18H22N2O4S2/c1-12(2)18(21)19-16-11-15(9-10-17(16)25-4)26(22,23)20-13-5-7-14(24-3)8-6-13/h5-12,20H,1-4H3,(H,19,21). The van der Waals surface area contributed by atoms with Crippen molar-refractivity contribution in [1.29, 1.82) is 0 Å². The summed E-state index contributed by atoms with van der Waals surface area (Å²) in [6, 6.07) is 11.2. The van der Waals surface area contributed by atoms with Crippen molar-refractivity contribution < 1.29 is 17.9 Å². The number of methoxy groups -OCH3 is 1. The first-order valence-corrected chi connectivity index (χ1v) is 10.6. The van der Waals surface area contributed by atoms with Gasteiger partial charge in [-0.25, -0.2) is 8.42 Å². The first-order valence-electron chi connectivity index (χ1n) is 7.92. The molecule has 2 rings (SSSR count). The number of nitrogens with one attached hydrogen (secondary N) is 2. The van der Waals surface area contributed by atoms with Crippen LogP contribution in [0.1, 0.15) is 13.8 Å². The highest BCUT2D eigenvalue weighted by atomic mass is 32.2. The van der Waals surface area contributed by atoms with Gasteiger partial charge in [-0.3, -0.25) is 9.52 Å². The van der Waals surface area contributed by atoms with Gasteiger partial charge in [0.2, 0.25) is 5.91 Å². The first kappa shape index (κ1) is 20.1. The molecule has 0 spiro atoms. The molecule has 0 aliphatic rings. The van der Waals surface area contributed by atoms with Crippen LogP contribution in [0, 0.1) is 5.92 Å². The number of rotatable bonds is 7. The third-order valence-corrected chi connectivity index (χ3v) is 5.78. The van der Waals surface area contributed by atoms with Crippen molar-refractivity contribution in [1.82, 2.24) is 0 Å². The van der Waals surface area contributed by atoms with E-state index < -0.39 is 10.0 Å². The van der Waals surface area contributed by atoms with E-state index in [4.69, 9.17) is 4.74 Å². The molecule has 0 aromatic heterocycles. The molecule has 0 radical (unpaired) electrons. The Hall–Kier alpha value is -2.19. The van der Waals surface area contributed by atoms with Gasteiger partial charge < -0.3 is 10.1 Å². The van der Waals surface area contributed by atoms with Gasteiger partial charge in [0, 0.05) is 16.5 Å². The Labute approximate surface area is 158 Å². The van der Waals surface area contributed by atoms with E-state index in [0.717, 1.165) is 4.90 Å². The normalized spacial score (nSPS) is 11.3. The van der Waals surface area contributed by atoms with Crippen LogP contribution in [-0.2, 0) is 14.8 Å². The van der Waals surface area contributed by atoms with Crippen LogP contribution in [0.25, 0.3) is 0 Å². The fourth-order valence-corrected chi connectivity index (χ4v) is 3.72. The third-order valence-electron chi connectivity index (χ3n) is 3.61. The van der Waals surface area contributed by atoms with Crippen molar-refractivity contribution in [2.24, 2.45) is 5.92 Å². The molecule has 140 valence electrons. The van der Waals surface area contributed by atoms with E-state index in [1.54, 1.807) is 51.3 Å². The number of carbonyl (C=O) groups excluding carboxylic acids is 1. The second-order valence-electron chi connectivity index (χ2n) is 5.84. The highest BCUT2D eigenvalue weighted by Gasteiger charge is 2.18. The van der Waals surface area contributed by atoms with Gasteiger partial charge in [-0.05, 0) is 48.7 Å². The average Bonchev–Trinajstić information content (AvgIpc) is 2.61. The zero-order valence-corrected chi connectivity index (χ0v) is 16.7. The summed E-state index contributed by atoms with van der Waals surface area (Å²) in [4.78, 5) is 12.9. The van der Waals surface area contributed by atoms with Gasteiger partial charge >= 0.3 is 0 Å². The van der Waals surface area contributed by atoms with E-state index in [-0.39, 0.29) is 16.7 Å². The lowest BCUT2D eigenvalue weighted by Crippen LogP contribution is -2.19. The lowest BCUT2D eigenvalue weighted by atomic mass is 10.2. The Morgan fingerprint density at radius 3 is 2.31 bits per heavy atom. The maximum Gasteiger partial charge on any atom is 0.261 e. The van der Waals surface area contributed by atoms with Crippen molar-refractivity contribution in [3.05, 3.63) is 42.5 Å². The van der Waals surface area contributed by atoms with Crippen LogP contribution in [-0.4, -0.2) is 27.7 Å². The molecular formula is C18H22N2O4S2. The molecule has 0 aliphatic carbocycles. The number of hydrogen-bond donors (Lipinski definition) is 2. The fourth-order valence-electron chi connectivity index (χ4n) is 2.10. The zero-order chi connectivity index (χ0) is 19.3. The van der Waals surface area contributed by atoms with Gasteiger partial charge in [-0.2, -0.15) is 0 Å². The van der Waals surface area contributed by atoms with Gasteiger partial charge in [0.1, 0.15) is 5.75 Å². The number of thioether (sulfide) groups is 1. The van der Waals surface area contributed by atoms with E-state index in [1.165, 1.54) is 23.9 Å². The van der Waals surface area contributed by atoms with E-state index >= 15 is 0 Å². The van der Waals surface area contributed by atoms with Gasteiger partial charge in [-0.1, -0.05) is 13.8 Å². The van der Waals surface area contributed by atoms with Gasteiger partial charge in [0.05, 0.1) is 17.7 Å². The Balaban J connectivity index is 2.31. The maximum atomic E-state index is 12.7. The van der Waals surface area contributed by atoms with Gasteiger partial charge in [-0.15, -0.1) is 11.8 Å².